The van der Waals surface area contributed by atoms with Gasteiger partial charge in [-0.2, -0.15) is 0 Å². The maximum atomic E-state index is 11.6. The van der Waals surface area contributed by atoms with Gasteiger partial charge >= 0.3 is 12.0 Å². The molecule has 5 heteroatoms. The van der Waals surface area contributed by atoms with Crippen molar-refractivity contribution in [1.82, 2.24) is 10.2 Å². The van der Waals surface area contributed by atoms with E-state index in [-0.39, 0.29) is 12.1 Å². The van der Waals surface area contributed by atoms with Crippen molar-refractivity contribution in [3.63, 3.8) is 0 Å². The highest BCUT2D eigenvalue weighted by atomic mass is 16.4. The number of carbonyl (C=O) groups is 2. The van der Waals surface area contributed by atoms with Crippen LogP contribution in [0, 0.1) is 0 Å². The van der Waals surface area contributed by atoms with Crippen LogP contribution < -0.4 is 5.32 Å². The van der Waals surface area contributed by atoms with E-state index in [1.165, 1.54) is 18.9 Å². The van der Waals surface area contributed by atoms with Crippen LogP contribution in [0.2, 0.25) is 0 Å². The predicted octanol–water partition coefficient (Wildman–Crippen LogP) is 1.04. The summed E-state index contributed by atoms with van der Waals surface area (Å²) in [6, 6.07) is -0.857. The second-order valence-corrected chi connectivity index (χ2v) is 4.06. The van der Waals surface area contributed by atoms with Gasteiger partial charge < -0.3 is 15.3 Å². The maximum absolute atomic E-state index is 11.6. The molecule has 0 bridgehead atoms. The van der Waals surface area contributed by atoms with Gasteiger partial charge in [0, 0.05) is 13.1 Å². The van der Waals surface area contributed by atoms with Crippen LogP contribution in [0.15, 0.2) is 0 Å². The third-order valence-corrected chi connectivity index (χ3v) is 2.94. The molecule has 1 aliphatic carbocycles. The molecule has 2 amide bonds. The lowest BCUT2D eigenvalue weighted by Crippen LogP contribution is -2.48. The van der Waals surface area contributed by atoms with Crippen LogP contribution >= 0.6 is 0 Å². The van der Waals surface area contributed by atoms with Crippen LogP contribution in [0.3, 0.4) is 0 Å². The molecule has 86 valence electrons. The number of carboxylic acid groups (broad SMARTS) is 1. The summed E-state index contributed by atoms with van der Waals surface area (Å²) in [5.41, 5.74) is 0. The SMILES string of the molecule is CC(C(=O)O)N(C)C(=O)NC1CCCC1. The van der Waals surface area contributed by atoms with E-state index in [0.29, 0.717) is 0 Å². The first-order valence-electron chi connectivity index (χ1n) is 5.28. The summed E-state index contributed by atoms with van der Waals surface area (Å²) < 4.78 is 0. The van der Waals surface area contributed by atoms with E-state index in [1.807, 2.05) is 0 Å². The molecule has 1 rings (SSSR count). The molecule has 0 aromatic carbocycles. The highest BCUT2D eigenvalue weighted by Crippen LogP contribution is 2.17. The van der Waals surface area contributed by atoms with Crippen LogP contribution in [0.5, 0.6) is 0 Å². The minimum Gasteiger partial charge on any atom is -0.480 e. The molecular formula is C10H18N2O3. The molecule has 0 spiro atoms. The summed E-state index contributed by atoms with van der Waals surface area (Å²) >= 11 is 0. The van der Waals surface area contributed by atoms with E-state index in [0.717, 1.165) is 25.7 Å². The molecule has 1 aliphatic rings. The first-order chi connectivity index (χ1) is 7.02. The first kappa shape index (κ1) is 11.8. The molecule has 2 N–H and O–H groups in total. The molecule has 0 radical (unpaired) electrons. The second-order valence-electron chi connectivity index (χ2n) is 4.06. The van der Waals surface area contributed by atoms with E-state index in [9.17, 15) is 9.59 Å². The normalized spacial score (nSPS) is 18.5. The minimum absolute atomic E-state index is 0.223. The number of aliphatic carboxylic acids is 1. The van der Waals surface area contributed by atoms with E-state index in [4.69, 9.17) is 5.11 Å². The van der Waals surface area contributed by atoms with E-state index in [1.54, 1.807) is 0 Å². The van der Waals surface area contributed by atoms with Gasteiger partial charge in [0.2, 0.25) is 0 Å². The fourth-order valence-electron chi connectivity index (χ4n) is 1.69. The summed E-state index contributed by atoms with van der Waals surface area (Å²) in [7, 11) is 1.50. The molecule has 0 aliphatic heterocycles. The van der Waals surface area contributed by atoms with Crippen molar-refractivity contribution in [2.45, 2.75) is 44.7 Å². The van der Waals surface area contributed by atoms with Crippen molar-refractivity contribution in [2.75, 3.05) is 7.05 Å². The van der Waals surface area contributed by atoms with Gasteiger partial charge in [-0.3, -0.25) is 0 Å². The van der Waals surface area contributed by atoms with Crippen molar-refractivity contribution in [2.24, 2.45) is 0 Å². The predicted molar refractivity (Wildman–Crippen MR) is 55.6 cm³/mol. The zero-order chi connectivity index (χ0) is 11.4. The molecule has 1 fully saturated rings. The maximum Gasteiger partial charge on any atom is 0.326 e. The first-order valence-corrected chi connectivity index (χ1v) is 5.28. The minimum atomic E-state index is -0.987. The third-order valence-electron chi connectivity index (χ3n) is 2.94. The molecule has 1 saturated carbocycles. The van der Waals surface area contributed by atoms with Crippen LogP contribution in [0.4, 0.5) is 4.79 Å². The standard InChI is InChI=1S/C10H18N2O3/c1-7(9(13)14)12(2)10(15)11-8-5-3-4-6-8/h7-8H,3-6H2,1-2H3,(H,11,15)(H,13,14). The number of hydrogen-bond donors (Lipinski definition) is 2. The molecule has 1 unspecified atom stereocenters. The van der Waals surface area contributed by atoms with Gasteiger partial charge in [-0.1, -0.05) is 12.8 Å². The van der Waals surface area contributed by atoms with Gasteiger partial charge in [-0.05, 0) is 19.8 Å². The number of nitrogens with zero attached hydrogens (tertiary/aromatic N) is 1. The van der Waals surface area contributed by atoms with Gasteiger partial charge in [0.25, 0.3) is 0 Å². The molecule has 0 aromatic heterocycles. The molecule has 1 atom stereocenters. The second kappa shape index (κ2) is 5.00. The smallest absolute Gasteiger partial charge is 0.326 e. The fraction of sp³-hybridized carbons (Fsp3) is 0.800. The lowest BCUT2D eigenvalue weighted by molar-refractivity contribution is -0.141. The summed E-state index contributed by atoms with van der Waals surface area (Å²) in [6.45, 7) is 1.50. The average Bonchev–Trinajstić information content (AvgIpc) is 2.67. The molecule has 15 heavy (non-hydrogen) atoms. The number of carbonyl (C=O) groups excluding carboxylic acids is 1. The summed E-state index contributed by atoms with van der Waals surface area (Å²) in [4.78, 5) is 23.5. The van der Waals surface area contributed by atoms with Crippen LogP contribution in [-0.4, -0.2) is 41.1 Å². The Morgan fingerprint density at radius 3 is 2.40 bits per heavy atom. The number of carboxylic acids is 1. The van der Waals surface area contributed by atoms with E-state index >= 15 is 0 Å². The Morgan fingerprint density at radius 1 is 1.40 bits per heavy atom. The third kappa shape index (κ3) is 3.11. The Labute approximate surface area is 89.4 Å². The quantitative estimate of drug-likeness (QED) is 0.737. The Bertz CT molecular complexity index is 249. The number of nitrogens with one attached hydrogen (secondary N) is 1. The van der Waals surface area contributed by atoms with Gasteiger partial charge in [0.15, 0.2) is 0 Å². The molecule has 0 saturated heterocycles. The number of urea groups is 1. The van der Waals surface area contributed by atoms with Gasteiger partial charge in [-0.25, -0.2) is 9.59 Å². The van der Waals surface area contributed by atoms with E-state index < -0.39 is 12.0 Å². The van der Waals surface area contributed by atoms with Crippen molar-refractivity contribution >= 4 is 12.0 Å². The topological polar surface area (TPSA) is 69.6 Å². The monoisotopic (exact) mass is 214 g/mol. The number of likely N-dealkylation sites (N-methyl/N-ethyl adjacent to an activating group) is 1. The highest BCUT2D eigenvalue weighted by molar-refractivity contribution is 5.82. The molecule has 0 heterocycles. The van der Waals surface area contributed by atoms with Gasteiger partial charge in [0.05, 0.1) is 0 Å². The number of amides is 2. The Hall–Kier alpha value is -1.26. The zero-order valence-electron chi connectivity index (χ0n) is 9.19. The van der Waals surface area contributed by atoms with Crippen LogP contribution in [0.25, 0.3) is 0 Å². The van der Waals surface area contributed by atoms with Crippen molar-refractivity contribution < 1.29 is 14.7 Å². The average molecular weight is 214 g/mol. The molecular weight excluding hydrogens is 196 g/mol. The molecule has 0 aromatic rings. The summed E-state index contributed by atoms with van der Waals surface area (Å²) in [5.74, 6) is -0.987. The number of hydrogen-bond acceptors (Lipinski definition) is 2. The van der Waals surface area contributed by atoms with Gasteiger partial charge in [0.1, 0.15) is 6.04 Å². The Balaban J connectivity index is 2.41. The van der Waals surface area contributed by atoms with E-state index in [2.05, 4.69) is 5.32 Å². The zero-order valence-corrected chi connectivity index (χ0v) is 9.19. The Kier molecular flexibility index (Phi) is 3.94. The Morgan fingerprint density at radius 2 is 1.93 bits per heavy atom. The summed E-state index contributed by atoms with van der Waals surface area (Å²) in [6.07, 6.45) is 4.29. The fourth-order valence-corrected chi connectivity index (χ4v) is 1.69. The van der Waals surface area contributed by atoms with Crippen LogP contribution in [-0.2, 0) is 4.79 Å². The lowest BCUT2D eigenvalue weighted by Gasteiger charge is -2.24. The van der Waals surface area contributed by atoms with Gasteiger partial charge in [-0.15, -0.1) is 0 Å². The highest BCUT2D eigenvalue weighted by Gasteiger charge is 2.24. The van der Waals surface area contributed by atoms with Crippen molar-refractivity contribution in [1.29, 1.82) is 0 Å². The lowest BCUT2D eigenvalue weighted by atomic mass is 10.2. The molecule has 5 nitrogen and oxygen atoms in total. The largest absolute Gasteiger partial charge is 0.480 e. The van der Waals surface area contributed by atoms with Crippen LogP contribution in [0.1, 0.15) is 32.6 Å². The van der Waals surface area contributed by atoms with Crippen molar-refractivity contribution in [3.05, 3.63) is 0 Å². The number of rotatable bonds is 3. The van der Waals surface area contributed by atoms with Crippen molar-refractivity contribution in [3.8, 4) is 0 Å². The summed E-state index contributed by atoms with van der Waals surface area (Å²) in [5, 5.41) is 11.6.